The molecule has 3 aromatic carbocycles. The summed E-state index contributed by atoms with van der Waals surface area (Å²) in [6.07, 6.45) is 4.94. The molecule has 1 aromatic heterocycles. The van der Waals surface area contributed by atoms with Crippen LogP contribution in [0.15, 0.2) is 59.5 Å². The summed E-state index contributed by atoms with van der Waals surface area (Å²) in [4.78, 5) is 16.8. The Morgan fingerprint density at radius 3 is 2.31 bits per heavy atom. The van der Waals surface area contributed by atoms with Gasteiger partial charge in [-0.3, -0.25) is 9.00 Å². The van der Waals surface area contributed by atoms with Crippen LogP contribution < -0.4 is 10.1 Å². The van der Waals surface area contributed by atoms with E-state index in [1.165, 1.54) is 0 Å². The van der Waals surface area contributed by atoms with E-state index in [4.69, 9.17) is 16.3 Å². The summed E-state index contributed by atoms with van der Waals surface area (Å²) in [6.45, 7) is 0.222. The van der Waals surface area contributed by atoms with Crippen LogP contribution in [-0.2, 0) is 16.1 Å². The Labute approximate surface area is 254 Å². The Morgan fingerprint density at radius 1 is 1.07 bits per heavy atom. The van der Waals surface area contributed by atoms with Crippen molar-refractivity contribution < 1.29 is 22.5 Å². The molecule has 1 unspecified atom stereocenters. The smallest absolute Gasteiger partial charge is 0.266 e. The van der Waals surface area contributed by atoms with Crippen molar-refractivity contribution >= 4 is 54.3 Å². The summed E-state index contributed by atoms with van der Waals surface area (Å²) in [5, 5.41) is 3.19. The zero-order valence-electron chi connectivity index (χ0n) is 23.7. The Morgan fingerprint density at radius 2 is 1.71 bits per heavy atom. The first-order chi connectivity index (χ1) is 20.0. The van der Waals surface area contributed by atoms with Crippen LogP contribution in [0.5, 0.6) is 5.75 Å². The maximum absolute atomic E-state index is 14.7. The number of ether oxygens (including phenoxy) is 1. The number of nitrogens with zero attached hydrogens (tertiary/aromatic N) is 1. The maximum atomic E-state index is 14.7. The van der Waals surface area contributed by atoms with Crippen molar-refractivity contribution in [2.45, 2.75) is 49.2 Å². The average molecular weight is 631 g/mol. The third kappa shape index (κ3) is 6.06. The first kappa shape index (κ1) is 30.5. The van der Waals surface area contributed by atoms with Gasteiger partial charge in [-0.25, -0.2) is 8.78 Å². The Bertz CT molecular complexity index is 1730. The average Bonchev–Trinajstić information content (AvgIpc) is 3.35. The predicted molar refractivity (Wildman–Crippen MR) is 170 cm³/mol. The van der Waals surface area contributed by atoms with Crippen LogP contribution in [0.2, 0.25) is 5.02 Å². The highest BCUT2D eigenvalue weighted by Gasteiger charge is 2.33. The van der Waals surface area contributed by atoms with Gasteiger partial charge < -0.3 is 15.0 Å². The zero-order valence-corrected chi connectivity index (χ0v) is 26.1. The van der Waals surface area contributed by atoms with Gasteiger partial charge in [0.25, 0.3) is 5.91 Å². The molecule has 0 spiro atoms. The van der Waals surface area contributed by atoms with E-state index in [9.17, 15) is 17.8 Å². The summed E-state index contributed by atoms with van der Waals surface area (Å²) in [5.41, 5.74) is 2.60. The number of thiophene rings is 1. The molecule has 1 heterocycles. The molecule has 1 fully saturated rings. The molecule has 42 heavy (non-hydrogen) atoms. The molecule has 0 radical (unpaired) electrons. The van der Waals surface area contributed by atoms with E-state index in [1.54, 1.807) is 18.3 Å². The highest BCUT2D eigenvalue weighted by molar-refractivity contribution is 7.99. The quantitative estimate of drug-likeness (QED) is 0.206. The minimum Gasteiger partial charge on any atom is -0.496 e. The number of hydrogen-bond donors (Lipinski definition) is 1. The van der Waals surface area contributed by atoms with Crippen molar-refractivity contribution in [3.05, 3.63) is 81.7 Å². The van der Waals surface area contributed by atoms with Crippen molar-refractivity contribution in [3.8, 4) is 16.9 Å². The molecule has 10 heteroatoms. The molecule has 1 atom stereocenters. The van der Waals surface area contributed by atoms with E-state index >= 15 is 0 Å². The van der Waals surface area contributed by atoms with Crippen LogP contribution in [0.1, 0.15) is 40.9 Å². The van der Waals surface area contributed by atoms with Crippen LogP contribution in [0.3, 0.4) is 0 Å². The number of benzene rings is 3. The van der Waals surface area contributed by atoms with Gasteiger partial charge in [-0.15, -0.1) is 11.3 Å². The zero-order chi connectivity index (χ0) is 30.2. The van der Waals surface area contributed by atoms with E-state index in [0.29, 0.717) is 16.7 Å². The first-order valence-electron chi connectivity index (χ1n) is 13.7. The fourth-order valence-electron chi connectivity index (χ4n) is 5.61. The summed E-state index contributed by atoms with van der Waals surface area (Å²) in [5.74, 6) is 2.74. The van der Waals surface area contributed by atoms with E-state index in [0.717, 1.165) is 65.8 Å². The second kappa shape index (κ2) is 12.3. The molecule has 5 rings (SSSR count). The van der Waals surface area contributed by atoms with E-state index in [-0.39, 0.29) is 38.5 Å². The largest absolute Gasteiger partial charge is 0.496 e. The van der Waals surface area contributed by atoms with Gasteiger partial charge in [-0.05, 0) is 95.6 Å². The Kier molecular flexibility index (Phi) is 8.94. The van der Waals surface area contributed by atoms with Crippen LogP contribution in [0, 0.1) is 11.6 Å². The third-order valence-electron chi connectivity index (χ3n) is 7.99. The molecule has 4 aromatic rings. The molecule has 0 aliphatic heterocycles. The number of rotatable bonds is 8. The standard InChI is InChI=1S/C32H33ClF2N2O3S2/c1-36-22-8-10-23(11-9-22)37(32(38)31-29(33)28-25(34)14-15-26(35)30(28)41-31)18-21-17-20(7-16-27(21)40-2)19-5-12-24(13-6-19)42(3,4)39/h5-7,12-17,22-23,36H,3,8-11,18H2,1-2,4H3/t22-,23-,42?. The lowest BCUT2D eigenvalue weighted by atomic mass is 9.89. The normalized spacial score (nSPS) is 18.5. The van der Waals surface area contributed by atoms with Crippen LogP contribution >= 0.6 is 22.9 Å². The van der Waals surface area contributed by atoms with Gasteiger partial charge in [0.15, 0.2) is 0 Å². The summed E-state index contributed by atoms with van der Waals surface area (Å²) >= 11 is 7.45. The molecule has 222 valence electrons. The van der Waals surface area contributed by atoms with E-state index in [2.05, 4.69) is 11.2 Å². The minimum absolute atomic E-state index is 0.0310. The number of halogens is 3. The summed E-state index contributed by atoms with van der Waals surface area (Å²) in [7, 11) is 1.18. The lowest BCUT2D eigenvalue weighted by Gasteiger charge is -2.37. The molecule has 1 amide bonds. The lowest BCUT2D eigenvalue weighted by molar-refractivity contribution is 0.0604. The lowest BCUT2D eigenvalue weighted by Crippen LogP contribution is -2.44. The topological polar surface area (TPSA) is 58.6 Å². The minimum atomic E-state index is -2.34. The number of nitrogens with one attached hydrogen (secondary N) is 1. The maximum Gasteiger partial charge on any atom is 0.266 e. The Hall–Kier alpha value is -2.98. The van der Waals surface area contributed by atoms with Gasteiger partial charge in [0.1, 0.15) is 22.3 Å². The van der Waals surface area contributed by atoms with Gasteiger partial charge >= 0.3 is 0 Å². The van der Waals surface area contributed by atoms with E-state index in [1.807, 2.05) is 49.5 Å². The second-order valence-electron chi connectivity index (χ2n) is 10.8. The predicted octanol–water partition coefficient (Wildman–Crippen LogP) is 7.39. The molecule has 5 nitrogen and oxygen atoms in total. The van der Waals surface area contributed by atoms with Gasteiger partial charge in [-0.1, -0.05) is 29.8 Å². The summed E-state index contributed by atoms with van der Waals surface area (Å²) < 4.78 is 47.4. The third-order valence-corrected chi connectivity index (χ3v) is 10.9. The number of carbonyl (C=O) groups is 1. The number of fused-ring (bicyclic) bond motifs is 1. The molecular weight excluding hydrogens is 598 g/mol. The number of methoxy groups -OCH3 is 1. The van der Waals surface area contributed by atoms with Crippen molar-refractivity contribution in [2.24, 2.45) is 0 Å². The number of carbonyl (C=O) groups excluding carboxylic acids is 1. The highest BCUT2D eigenvalue weighted by atomic mass is 35.5. The van der Waals surface area contributed by atoms with Crippen LogP contribution in [-0.4, -0.2) is 53.4 Å². The van der Waals surface area contributed by atoms with Crippen LogP contribution in [0.4, 0.5) is 8.78 Å². The van der Waals surface area contributed by atoms with E-state index < -0.39 is 21.2 Å². The van der Waals surface area contributed by atoms with Gasteiger partial charge in [0, 0.05) is 35.3 Å². The summed E-state index contributed by atoms with van der Waals surface area (Å²) in [6, 6.07) is 15.5. The van der Waals surface area contributed by atoms with Gasteiger partial charge in [-0.2, -0.15) is 0 Å². The SMILES string of the molecule is C=S(C)(=O)c1ccc(-c2ccc(OC)c(CN(C(=O)c3sc4c(F)ccc(F)c4c3Cl)[C@H]3CC[C@H](NC)CC3)c2)cc1. The molecule has 1 saturated carbocycles. The molecular formula is C32H33ClF2N2O3S2. The van der Waals surface area contributed by atoms with Crippen molar-refractivity contribution in [1.82, 2.24) is 10.2 Å². The van der Waals surface area contributed by atoms with Crippen LogP contribution in [0.25, 0.3) is 21.2 Å². The highest BCUT2D eigenvalue weighted by Crippen LogP contribution is 2.40. The number of hydrogen-bond acceptors (Lipinski definition) is 5. The Balaban J connectivity index is 1.55. The molecule has 0 saturated heterocycles. The van der Waals surface area contributed by atoms with Crippen molar-refractivity contribution in [1.29, 1.82) is 0 Å². The monoisotopic (exact) mass is 630 g/mol. The fourth-order valence-corrected chi connectivity index (χ4v) is 7.83. The number of amides is 1. The molecule has 1 aliphatic carbocycles. The van der Waals surface area contributed by atoms with Crippen molar-refractivity contribution in [2.75, 3.05) is 20.4 Å². The molecule has 0 bridgehead atoms. The van der Waals surface area contributed by atoms with Crippen molar-refractivity contribution in [3.63, 3.8) is 0 Å². The van der Waals surface area contributed by atoms with Gasteiger partial charge in [0.05, 0.1) is 22.2 Å². The second-order valence-corrected chi connectivity index (χ2v) is 14.6. The molecule has 1 N–H and O–H groups in total. The van der Waals surface area contributed by atoms with Gasteiger partial charge in [0.2, 0.25) is 0 Å². The molecule has 1 aliphatic rings. The fraction of sp³-hybridized carbons (Fsp3) is 0.312. The first-order valence-corrected chi connectivity index (χ1v) is 17.0.